The second-order valence-electron chi connectivity index (χ2n) is 6.10. The number of amides is 1. The molecule has 0 aromatic heterocycles. The van der Waals surface area contributed by atoms with Crippen LogP contribution in [0.25, 0.3) is 0 Å². The highest BCUT2D eigenvalue weighted by atomic mass is 16.2. The molecule has 6 heteroatoms. The average Bonchev–Trinajstić information content (AvgIpc) is 2.51. The molecule has 128 valence electrons. The number of aliphatic imine (C=N–C) groups is 1. The molecule has 1 saturated heterocycles. The first-order valence-corrected chi connectivity index (χ1v) is 8.54. The van der Waals surface area contributed by atoms with Crippen LogP contribution in [0.5, 0.6) is 0 Å². The standard InChI is InChI=1S/C16H33N5O/c1-5-7-10-21-11-8-14(9-12-21)19-16(17-6-2)18-13-15(22)20(3)4/h14H,5-13H2,1-4H3,(H2,17,18,19). The molecule has 6 nitrogen and oxygen atoms in total. The minimum atomic E-state index is 0.0200. The van der Waals surface area contributed by atoms with Crippen LogP contribution in [-0.4, -0.2) is 74.5 Å². The lowest BCUT2D eigenvalue weighted by atomic mass is 10.0. The molecular formula is C16H33N5O. The summed E-state index contributed by atoms with van der Waals surface area (Å²) in [7, 11) is 3.51. The van der Waals surface area contributed by atoms with Gasteiger partial charge >= 0.3 is 0 Å². The Morgan fingerprint density at radius 3 is 2.50 bits per heavy atom. The molecule has 1 amide bonds. The highest BCUT2D eigenvalue weighted by molar-refractivity contribution is 5.84. The van der Waals surface area contributed by atoms with E-state index in [0.29, 0.717) is 6.04 Å². The molecule has 1 heterocycles. The summed E-state index contributed by atoms with van der Waals surface area (Å²) in [5.74, 6) is 0.774. The van der Waals surface area contributed by atoms with Crippen LogP contribution in [-0.2, 0) is 4.79 Å². The number of carbonyl (C=O) groups excluding carboxylic acids is 1. The van der Waals surface area contributed by atoms with E-state index < -0.39 is 0 Å². The van der Waals surface area contributed by atoms with Gasteiger partial charge in [0.2, 0.25) is 5.91 Å². The van der Waals surface area contributed by atoms with Crippen molar-refractivity contribution >= 4 is 11.9 Å². The molecule has 2 N–H and O–H groups in total. The smallest absolute Gasteiger partial charge is 0.243 e. The van der Waals surface area contributed by atoms with Crippen molar-refractivity contribution in [3.05, 3.63) is 0 Å². The molecule has 1 fully saturated rings. The van der Waals surface area contributed by atoms with Gasteiger partial charge in [0.25, 0.3) is 0 Å². The highest BCUT2D eigenvalue weighted by Crippen LogP contribution is 2.11. The Labute approximate surface area is 135 Å². The van der Waals surface area contributed by atoms with Crippen LogP contribution in [0.3, 0.4) is 0 Å². The van der Waals surface area contributed by atoms with E-state index >= 15 is 0 Å². The minimum absolute atomic E-state index is 0.0200. The fourth-order valence-corrected chi connectivity index (χ4v) is 2.48. The molecule has 1 rings (SSSR count). The number of carbonyl (C=O) groups is 1. The van der Waals surface area contributed by atoms with E-state index in [0.717, 1.165) is 38.4 Å². The lowest BCUT2D eigenvalue weighted by Crippen LogP contribution is -2.49. The van der Waals surface area contributed by atoms with Gasteiger partial charge in [-0.3, -0.25) is 4.79 Å². The maximum absolute atomic E-state index is 11.6. The van der Waals surface area contributed by atoms with Crippen molar-refractivity contribution in [1.29, 1.82) is 0 Å². The summed E-state index contributed by atoms with van der Waals surface area (Å²) in [4.78, 5) is 20.1. The number of piperidine rings is 1. The van der Waals surface area contributed by atoms with Crippen LogP contribution in [0.1, 0.15) is 39.5 Å². The zero-order chi connectivity index (χ0) is 16.4. The van der Waals surface area contributed by atoms with Crippen LogP contribution < -0.4 is 10.6 Å². The summed E-state index contributed by atoms with van der Waals surface area (Å²) >= 11 is 0. The van der Waals surface area contributed by atoms with E-state index in [9.17, 15) is 4.79 Å². The molecule has 0 bridgehead atoms. The van der Waals surface area contributed by atoms with Crippen LogP contribution in [0, 0.1) is 0 Å². The van der Waals surface area contributed by atoms with E-state index in [1.54, 1.807) is 19.0 Å². The Hall–Kier alpha value is -1.30. The first-order chi connectivity index (χ1) is 10.6. The number of likely N-dealkylation sites (N-methyl/N-ethyl adjacent to an activating group) is 1. The number of likely N-dealkylation sites (tertiary alicyclic amines) is 1. The molecule has 0 aliphatic carbocycles. The second-order valence-corrected chi connectivity index (χ2v) is 6.10. The molecule has 22 heavy (non-hydrogen) atoms. The lowest BCUT2D eigenvalue weighted by Gasteiger charge is -2.33. The largest absolute Gasteiger partial charge is 0.357 e. The number of hydrogen-bond acceptors (Lipinski definition) is 3. The molecule has 0 spiro atoms. The quantitative estimate of drug-likeness (QED) is 0.542. The van der Waals surface area contributed by atoms with Crippen molar-refractivity contribution in [1.82, 2.24) is 20.4 Å². The average molecular weight is 311 g/mol. The fourth-order valence-electron chi connectivity index (χ4n) is 2.48. The van der Waals surface area contributed by atoms with Gasteiger partial charge in [0.1, 0.15) is 6.54 Å². The van der Waals surface area contributed by atoms with E-state index in [1.165, 1.54) is 19.4 Å². The molecule has 0 unspecified atom stereocenters. The van der Waals surface area contributed by atoms with Gasteiger partial charge in [-0.15, -0.1) is 0 Å². The number of nitrogens with zero attached hydrogens (tertiary/aromatic N) is 3. The number of hydrogen-bond donors (Lipinski definition) is 2. The van der Waals surface area contributed by atoms with Gasteiger partial charge in [-0.25, -0.2) is 4.99 Å². The monoisotopic (exact) mass is 311 g/mol. The van der Waals surface area contributed by atoms with Crippen LogP contribution in [0.4, 0.5) is 0 Å². The van der Waals surface area contributed by atoms with Gasteiger partial charge in [-0.1, -0.05) is 13.3 Å². The zero-order valence-electron chi connectivity index (χ0n) is 14.7. The molecule has 0 saturated carbocycles. The number of rotatable bonds is 7. The molecule has 0 aromatic carbocycles. The van der Waals surface area contributed by atoms with Crippen molar-refractivity contribution < 1.29 is 4.79 Å². The molecular weight excluding hydrogens is 278 g/mol. The predicted molar refractivity (Wildman–Crippen MR) is 92.2 cm³/mol. The third kappa shape index (κ3) is 7.11. The Kier molecular flexibility index (Phi) is 8.89. The van der Waals surface area contributed by atoms with Gasteiger partial charge in [0.05, 0.1) is 0 Å². The van der Waals surface area contributed by atoms with Crippen molar-refractivity contribution in [3.8, 4) is 0 Å². The van der Waals surface area contributed by atoms with Crippen molar-refractivity contribution in [2.45, 2.75) is 45.6 Å². The van der Waals surface area contributed by atoms with Crippen molar-refractivity contribution in [2.75, 3.05) is 46.8 Å². The third-order valence-corrected chi connectivity index (χ3v) is 3.97. The van der Waals surface area contributed by atoms with Crippen LogP contribution in [0.2, 0.25) is 0 Å². The van der Waals surface area contributed by atoms with Gasteiger partial charge in [-0.05, 0) is 32.7 Å². The van der Waals surface area contributed by atoms with Gasteiger partial charge in [-0.2, -0.15) is 0 Å². The molecule has 1 aliphatic heterocycles. The second kappa shape index (κ2) is 10.4. The number of unbranched alkanes of at least 4 members (excludes halogenated alkanes) is 1. The summed E-state index contributed by atoms with van der Waals surface area (Å²) in [6.07, 6.45) is 4.82. The summed E-state index contributed by atoms with van der Waals surface area (Å²) in [6, 6.07) is 0.449. The molecule has 0 aromatic rings. The Morgan fingerprint density at radius 1 is 1.27 bits per heavy atom. The number of nitrogens with one attached hydrogen (secondary N) is 2. The Balaban J connectivity index is 2.41. The van der Waals surface area contributed by atoms with Gasteiger partial charge in [0.15, 0.2) is 5.96 Å². The first kappa shape index (κ1) is 18.7. The molecule has 0 atom stereocenters. The molecule has 0 radical (unpaired) electrons. The van der Waals surface area contributed by atoms with Gasteiger partial charge < -0.3 is 20.4 Å². The zero-order valence-corrected chi connectivity index (χ0v) is 14.7. The summed E-state index contributed by atoms with van der Waals surface area (Å²) in [6.45, 7) is 8.78. The van der Waals surface area contributed by atoms with E-state index in [1.807, 2.05) is 6.92 Å². The maximum atomic E-state index is 11.6. The van der Waals surface area contributed by atoms with Crippen LogP contribution in [0.15, 0.2) is 4.99 Å². The summed E-state index contributed by atoms with van der Waals surface area (Å²) in [5.41, 5.74) is 0. The topological polar surface area (TPSA) is 60.0 Å². The van der Waals surface area contributed by atoms with Crippen molar-refractivity contribution in [3.63, 3.8) is 0 Å². The minimum Gasteiger partial charge on any atom is -0.357 e. The van der Waals surface area contributed by atoms with E-state index in [2.05, 4.69) is 27.4 Å². The predicted octanol–water partition coefficient (Wildman–Crippen LogP) is 0.894. The Bertz CT molecular complexity index is 348. The van der Waals surface area contributed by atoms with Gasteiger partial charge in [0, 0.05) is 39.8 Å². The number of guanidine groups is 1. The van der Waals surface area contributed by atoms with E-state index in [-0.39, 0.29) is 12.5 Å². The summed E-state index contributed by atoms with van der Waals surface area (Å²) in [5, 5.41) is 6.69. The van der Waals surface area contributed by atoms with Crippen LogP contribution >= 0.6 is 0 Å². The summed E-state index contributed by atoms with van der Waals surface area (Å²) < 4.78 is 0. The van der Waals surface area contributed by atoms with Crippen molar-refractivity contribution in [2.24, 2.45) is 4.99 Å². The SMILES string of the molecule is CCCCN1CCC(NC(=NCC(=O)N(C)C)NCC)CC1. The fraction of sp³-hybridized carbons (Fsp3) is 0.875. The Morgan fingerprint density at radius 2 is 1.95 bits per heavy atom. The highest BCUT2D eigenvalue weighted by Gasteiger charge is 2.19. The maximum Gasteiger partial charge on any atom is 0.243 e. The van der Waals surface area contributed by atoms with E-state index in [4.69, 9.17) is 0 Å². The molecule has 1 aliphatic rings. The lowest BCUT2D eigenvalue weighted by molar-refractivity contribution is -0.127. The third-order valence-electron chi connectivity index (χ3n) is 3.97. The first-order valence-electron chi connectivity index (χ1n) is 8.54. The normalized spacial score (nSPS) is 17.4.